The Bertz CT molecular complexity index is 1040. The number of fused-ring (bicyclic) bond motifs is 1. The summed E-state index contributed by atoms with van der Waals surface area (Å²) >= 11 is 0. The van der Waals surface area contributed by atoms with Crippen LogP contribution in [0, 0.1) is 28.6 Å². The third-order valence-electron chi connectivity index (χ3n) is 5.70. The van der Waals surface area contributed by atoms with Gasteiger partial charge in [0.05, 0.1) is 40.5 Å². The predicted octanol–water partition coefficient (Wildman–Crippen LogP) is 2.46. The van der Waals surface area contributed by atoms with Crippen molar-refractivity contribution in [1.82, 2.24) is 20.4 Å². The van der Waals surface area contributed by atoms with E-state index in [9.17, 15) is 10.5 Å². The van der Waals surface area contributed by atoms with Crippen molar-refractivity contribution in [1.29, 1.82) is 10.5 Å². The third-order valence-corrected chi connectivity index (χ3v) is 5.70. The highest BCUT2D eigenvalue weighted by molar-refractivity contribution is 5.91. The standard InChI is InChI=1S/C21H23N7/c1-13-17(10-22)21(18(11-23)14(2)25-13)15-3-4-19-16(9-15)20(27-26-19)12-28-7-5-24-6-8-28/h3-4,9,17,21,24H,5-8,12H2,1-2H3,(H,26,27). The van der Waals surface area contributed by atoms with Crippen LogP contribution in [-0.4, -0.2) is 47.0 Å². The van der Waals surface area contributed by atoms with Crippen LogP contribution in [0.1, 0.15) is 31.0 Å². The summed E-state index contributed by atoms with van der Waals surface area (Å²) in [5, 5.41) is 31.5. The van der Waals surface area contributed by atoms with Crippen LogP contribution in [0.25, 0.3) is 10.9 Å². The normalized spacial score (nSPS) is 23.4. The lowest BCUT2D eigenvalue weighted by atomic mass is 9.76. The summed E-state index contributed by atoms with van der Waals surface area (Å²) in [6.07, 6.45) is 0. The second-order valence-corrected chi connectivity index (χ2v) is 7.45. The SMILES string of the molecule is CC1=NC(C)=C(C#N)C(c2ccc3n[nH]c(CN4CCNCC4)c3c2)C1C#N. The van der Waals surface area contributed by atoms with Gasteiger partial charge in [-0.2, -0.15) is 15.6 Å². The van der Waals surface area contributed by atoms with Crippen molar-refractivity contribution in [3.8, 4) is 12.1 Å². The maximum atomic E-state index is 9.74. The molecule has 1 saturated heterocycles. The number of aliphatic imine (C=N–C) groups is 1. The summed E-state index contributed by atoms with van der Waals surface area (Å²) in [5.41, 5.74) is 4.98. The molecule has 2 N–H and O–H groups in total. The van der Waals surface area contributed by atoms with Gasteiger partial charge in [0.25, 0.3) is 0 Å². The molecule has 0 spiro atoms. The fourth-order valence-electron chi connectivity index (χ4n) is 4.19. The summed E-state index contributed by atoms with van der Waals surface area (Å²) in [4.78, 5) is 6.83. The Hall–Kier alpha value is -3.00. The van der Waals surface area contributed by atoms with Crippen molar-refractivity contribution in [3.63, 3.8) is 0 Å². The summed E-state index contributed by atoms with van der Waals surface area (Å²) in [6, 6.07) is 10.7. The second kappa shape index (κ2) is 7.55. The third kappa shape index (κ3) is 3.20. The molecule has 0 radical (unpaired) electrons. The molecule has 0 saturated carbocycles. The first-order valence-corrected chi connectivity index (χ1v) is 9.58. The van der Waals surface area contributed by atoms with Crippen LogP contribution in [0.15, 0.2) is 34.5 Å². The van der Waals surface area contributed by atoms with E-state index < -0.39 is 5.92 Å². The molecule has 7 nitrogen and oxygen atoms in total. The van der Waals surface area contributed by atoms with E-state index in [-0.39, 0.29) is 5.92 Å². The highest BCUT2D eigenvalue weighted by Crippen LogP contribution is 2.39. The van der Waals surface area contributed by atoms with E-state index in [2.05, 4.69) is 43.6 Å². The molecule has 4 rings (SSSR count). The van der Waals surface area contributed by atoms with Crippen molar-refractivity contribution in [2.24, 2.45) is 10.9 Å². The van der Waals surface area contributed by atoms with Gasteiger partial charge in [0.1, 0.15) is 0 Å². The number of nitriles is 2. The molecular weight excluding hydrogens is 350 g/mol. The van der Waals surface area contributed by atoms with Gasteiger partial charge in [0.2, 0.25) is 0 Å². The van der Waals surface area contributed by atoms with E-state index in [1.165, 1.54) is 0 Å². The molecule has 2 aliphatic heterocycles. The Morgan fingerprint density at radius 3 is 2.71 bits per heavy atom. The van der Waals surface area contributed by atoms with Crippen LogP contribution in [0.2, 0.25) is 0 Å². The molecule has 142 valence electrons. The van der Waals surface area contributed by atoms with Crippen LogP contribution >= 0.6 is 0 Å². The molecule has 2 aliphatic rings. The summed E-state index contributed by atoms with van der Waals surface area (Å²) in [7, 11) is 0. The molecule has 2 aromatic rings. The number of nitrogens with zero attached hydrogens (tertiary/aromatic N) is 5. The van der Waals surface area contributed by atoms with Crippen molar-refractivity contribution >= 4 is 16.6 Å². The second-order valence-electron chi connectivity index (χ2n) is 7.45. The van der Waals surface area contributed by atoms with Crippen molar-refractivity contribution < 1.29 is 0 Å². The largest absolute Gasteiger partial charge is 0.314 e. The van der Waals surface area contributed by atoms with E-state index in [0.29, 0.717) is 11.3 Å². The highest BCUT2D eigenvalue weighted by atomic mass is 15.2. The molecule has 3 heterocycles. The maximum Gasteiger partial charge on any atom is 0.0973 e. The van der Waals surface area contributed by atoms with Crippen LogP contribution in [0.5, 0.6) is 0 Å². The van der Waals surface area contributed by atoms with Gasteiger partial charge in [-0.3, -0.25) is 15.0 Å². The molecule has 0 bridgehead atoms. The summed E-state index contributed by atoms with van der Waals surface area (Å²) < 4.78 is 0. The Kier molecular flexibility index (Phi) is 4.95. The molecule has 0 aliphatic carbocycles. The number of aromatic amines is 1. The molecule has 1 aromatic carbocycles. The molecular formula is C21H23N7. The lowest BCUT2D eigenvalue weighted by Gasteiger charge is -2.27. The molecule has 2 atom stereocenters. The lowest BCUT2D eigenvalue weighted by molar-refractivity contribution is 0.231. The van der Waals surface area contributed by atoms with Crippen LogP contribution in [0.4, 0.5) is 0 Å². The van der Waals surface area contributed by atoms with Gasteiger partial charge in [-0.25, -0.2) is 0 Å². The molecule has 28 heavy (non-hydrogen) atoms. The van der Waals surface area contributed by atoms with E-state index in [1.807, 2.05) is 26.0 Å². The minimum Gasteiger partial charge on any atom is -0.314 e. The van der Waals surface area contributed by atoms with Crippen molar-refractivity contribution in [2.75, 3.05) is 26.2 Å². The zero-order chi connectivity index (χ0) is 19.7. The Morgan fingerprint density at radius 1 is 1.21 bits per heavy atom. The van der Waals surface area contributed by atoms with E-state index in [4.69, 9.17) is 0 Å². The number of rotatable bonds is 3. The predicted molar refractivity (Wildman–Crippen MR) is 108 cm³/mol. The van der Waals surface area contributed by atoms with Crippen molar-refractivity contribution in [2.45, 2.75) is 26.3 Å². The zero-order valence-electron chi connectivity index (χ0n) is 16.2. The number of allylic oxidation sites excluding steroid dienone is 2. The first-order valence-electron chi connectivity index (χ1n) is 9.58. The van der Waals surface area contributed by atoms with Gasteiger partial charge in [-0.15, -0.1) is 0 Å². The number of hydrogen-bond acceptors (Lipinski definition) is 6. The quantitative estimate of drug-likeness (QED) is 0.860. The van der Waals surface area contributed by atoms with Gasteiger partial charge >= 0.3 is 0 Å². The number of H-pyrrole nitrogens is 1. The highest BCUT2D eigenvalue weighted by Gasteiger charge is 2.34. The number of benzene rings is 1. The molecule has 2 unspecified atom stereocenters. The number of piperazine rings is 1. The maximum absolute atomic E-state index is 9.74. The monoisotopic (exact) mass is 373 g/mol. The van der Waals surface area contributed by atoms with E-state index in [1.54, 1.807) is 0 Å². The zero-order valence-corrected chi connectivity index (χ0v) is 16.2. The smallest absolute Gasteiger partial charge is 0.0973 e. The summed E-state index contributed by atoms with van der Waals surface area (Å²) in [6.45, 7) is 8.54. The molecule has 1 aromatic heterocycles. The number of nitrogens with one attached hydrogen (secondary N) is 2. The van der Waals surface area contributed by atoms with Crippen LogP contribution in [0.3, 0.4) is 0 Å². The lowest BCUT2D eigenvalue weighted by Crippen LogP contribution is -2.42. The minimum atomic E-state index is -0.431. The van der Waals surface area contributed by atoms with Crippen molar-refractivity contribution in [3.05, 3.63) is 40.7 Å². The number of hydrogen-bond donors (Lipinski definition) is 2. The van der Waals surface area contributed by atoms with Gasteiger partial charge < -0.3 is 5.32 Å². The Labute approximate surface area is 164 Å². The van der Waals surface area contributed by atoms with E-state index in [0.717, 1.165) is 60.6 Å². The first-order chi connectivity index (χ1) is 13.6. The number of aromatic nitrogens is 2. The molecule has 1 fully saturated rings. The van der Waals surface area contributed by atoms with Gasteiger partial charge in [0.15, 0.2) is 0 Å². The fourth-order valence-corrected chi connectivity index (χ4v) is 4.19. The topological polar surface area (TPSA) is 104 Å². The summed E-state index contributed by atoms with van der Waals surface area (Å²) in [5.74, 6) is -0.724. The molecule has 0 amide bonds. The van der Waals surface area contributed by atoms with Crippen LogP contribution < -0.4 is 5.32 Å². The van der Waals surface area contributed by atoms with E-state index >= 15 is 0 Å². The molecule has 7 heteroatoms. The average molecular weight is 373 g/mol. The Balaban J connectivity index is 1.74. The fraction of sp³-hybridized carbons (Fsp3) is 0.429. The minimum absolute atomic E-state index is 0.293. The van der Waals surface area contributed by atoms with Crippen LogP contribution in [-0.2, 0) is 6.54 Å². The van der Waals surface area contributed by atoms with Gasteiger partial charge in [-0.1, -0.05) is 6.07 Å². The first kappa shape index (κ1) is 18.4. The Morgan fingerprint density at radius 2 is 2.00 bits per heavy atom. The average Bonchev–Trinajstić information content (AvgIpc) is 3.10. The van der Waals surface area contributed by atoms with Gasteiger partial charge in [-0.05, 0) is 31.5 Å². The van der Waals surface area contributed by atoms with Gasteiger partial charge in [0, 0.05) is 49.7 Å².